The minimum Gasteiger partial charge on any atom is -0.494 e. The highest BCUT2D eigenvalue weighted by Crippen LogP contribution is 2.44. The highest BCUT2D eigenvalue weighted by Gasteiger charge is 2.35. The Morgan fingerprint density at radius 3 is 2.08 bits per heavy atom. The molecule has 2 aromatic carbocycles. The summed E-state index contributed by atoms with van der Waals surface area (Å²) in [6.07, 6.45) is 4.48. The number of allylic oxidation sites excluding steroid dienone is 5. The van der Waals surface area contributed by atoms with Gasteiger partial charge < -0.3 is 14.3 Å². The molecule has 0 aromatic heterocycles. The molecule has 2 aromatic rings. The van der Waals surface area contributed by atoms with Gasteiger partial charge in [0, 0.05) is 20.9 Å². The van der Waals surface area contributed by atoms with E-state index in [-0.39, 0.29) is 14.7 Å². The van der Waals surface area contributed by atoms with E-state index in [2.05, 4.69) is 56.8 Å². The first kappa shape index (κ1) is 35.3. The minimum atomic E-state index is -4.19. The first-order valence-electron chi connectivity index (χ1n) is 12.5. The van der Waals surface area contributed by atoms with Crippen LogP contribution < -0.4 is 4.74 Å². The number of fused-ring (bicyclic) bond motifs is 1. The summed E-state index contributed by atoms with van der Waals surface area (Å²) in [6, 6.07) is 14.5. The summed E-state index contributed by atoms with van der Waals surface area (Å²) in [6.45, 7) is 14.8. The number of carbonyl (C=O) groups excluding carboxylic acids is 3. The van der Waals surface area contributed by atoms with Crippen molar-refractivity contribution in [3.8, 4) is 5.75 Å². The summed E-state index contributed by atoms with van der Waals surface area (Å²) in [4.78, 5) is 29.1. The van der Waals surface area contributed by atoms with Crippen molar-refractivity contribution >= 4 is 18.9 Å². The Bertz CT molecular complexity index is 1110. The number of hydrogen-bond donors (Lipinski definition) is 0. The van der Waals surface area contributed by atoms with E-state index in [1.54, 1.807) is 0 Å². The van der Waals surface area contributed by atoms with Gasteiger partial charge in [0.1, 0.15) is 18.8 Å². The Kier molecular flexibility index (Phi) is 16.7. The average Bonchev–Trinajstić information content (AvgIpc) is 3.67. The summed E-state index contributed by atoms with van der Waals surface area (Å²) in [7, 11) is 0. The number of ketones is 1. The largest absolute Gasteiger partial charge is 0.494 e. The van der Waals surface area contributed by atoms with Crippen molar-refractivity contribution < 1.29 is 35.1 Å². The van der Waals surface area contributed by atoms with Crippen LogP contribution in [-0.4, -0.2) is 31.6 Å². The van der Waals surface area contributed by atoms with Crippen LogP contribution in [0.3, 0.4) is 0 Å². The lowest BCUT2D eigenvalue weighted by Crippen LogP contribution is -2.07. The summed E-state index contributed by atoms with van der Waals surface area (Å²) >= 11 is 0. The van der Waals surface area contributed by atoms with E-state index < -0.39 is 6.18 Å². The van der Waals surface area contributed by atoms with Gasteiger partial charge in [-0.2, -0.15) is 13.2 Å². The van der Waals surface area contributed by atoms with Crippen molar-refractivity contribution in [2.75, 3.05) is 6.61 Å². The minimum absolute atomic E-state index is 0. The van der Waals surface area contributed by atoms with Gasteiger partial charge in [-0.25, -0.2) is 0 Å². The highest BCUT2D eigenvalue weighted by molar-refractivity contribution is 5.99. The predicted octanol–water partition coefficient (Wildman–Crippen LogP) is 8.19. The summed E-state index contributed by atoms with van der Waals surface area (Å²) in [5, 5.41) is 0. The maximum Gasteiger partial charge on any atom is 0.409 e. The standard InChI is InChI=1S/C18H20O2.C8H10.C3H3F3.C2H4O.CH2O.2H2/c1-3-20-18-9-13(5-4-12(18)2)8-17(19)15-7-6-14-10-16(14)11-15;1-7-4-3-5-8(2)6-7;1-2-3(4,5)6;1-2-3;1-2;;/h4-7,9,11,14,16H,3,8,10H2,1-2H3;3-6H,1-2H3;2H,1H2;2H,1H3;1H2;2*1H. The van der Waals surface area contributed by atoms with Gasteiger partial charge in [0.15, 0.2) is 5.78 Å². The second-order valence-electron chi connectivity index (χ2n) is 8.82. The van der Waals surface area contributed by atoms with Crippen LogP contribution in [0.5, 0.6) is 5.75 Å². The Labute approximate surface area is 233 Å². The molecule has 39 heavy (non-hydrogen) atoms. The fraction of sp³-hybridized carbons (Fsp3) is 0.344. The second kappa shape index (κ2) is 18.5. The van der Waals surface area contributed by atoms with E-state index in [1.165, 1.54) is 24.5 Å². The van der Waals surface area contributed by atoms with Crippen molar-refractivity contribution in [1.29, 1.82) is 0 Å². The quantitative estimate of drug-likeness (QED) is 0.279. The molecule has 4 rings (SSSR count). The number of aldehydes is 1. The average molecular weight is 549 g/mol. The third kappa shape index (κ3) is 15.3. The molecule has 2 aliphatic rings. The van der Waals surface area contributed by atoms with Gasteiger partial charge >= 0.3 is 6.18 Å². The molecule has 2 aliphatic carbocycles. The smallest absolute Gasteiger partial charge is 0.409 e. The van der Waals surface area contributed by atoms with Gasteiger partial charge in [-0.1, -0.05) is 72.3 Å². The number of Topliss-reactive ketones (excluding diaryl/α,β-unsaturated/α-hetero) is 1. The molecule has 0 radical (unpaired) electrons. The number of alkyl halides is 3. The number of ether oxygens (including phenoxy) is 1. The maximum absolute atomic E-state index is 12.3. The SMILES string of the molecule is C=CC(F)(F)F.C=O.CC=O.CCOc1cc(CC(=O)C2=CC3CC3C=C2)ccc1C.Cc1cccc(C)c1.[HH].[HH]. The van der Waals surface area contributed by atoms with Crippen LogP contribution in [0, 0.1) is 32.6 Å². The molecule has 0 bridgehead atoms. The first-order valence-corrected chi connectivity index (χ1v) is 12.5. The van der Waals surface area contributed by atoms with Crippen molar-refractivity contribution in [2.24, 2.45) is 11.8 Å². The number of benzene rings is 2. The van der Waals surface area contributed by atoms with E-state index in [4.69, 9.17) is 14.3 Å². The molecular formula is C32H43F3O4. The molecule has 0 heterocycles. The lowest BCUT2D eigenvalue weighted by atomic mass is 9.98. The van der Waals surface area contributed by atoms with Crippen LogP contribution in [-0.2, 0) is 20.8 Å². The fourth-order valence-corrected chi connectivity index (χ4v) is 3.51. The van der Waals surface area contributed by atoms with Crippen LogP contribution in [0.2, 0.25) is 0 Å². The van der Waals surface area contributed by atoms with Gasteiger partial charge in [-0.05, 0) is 70.1 Å². The summed E-state index contributed by atoms with van der Waals surface area (Å²) in [5.41, 5.74) is 5.69. The van der Waals surface area contributed by atoms with Gasteiger partial charge in [0.25, 0.3) is 0 Å². The topological polar surface area (TPSA) is 60.4 Å². The van der Waals surface area contributed by atoms with Gasteiger partial charge in [-0.15, -0.1) is 0 Å². The predicted molar refractivity (Wildman–Crippen MR) is 155 cm³/mol. The van der Waals surface area contributed by atoms with Gasteiger partial charge in [0.05, 0.1) is 6.61 Å². The molecule has 0 amide bonds. The normalized spacial score (nSPS) is 15.8. The van der Waals surface area contributed by atoms with Crippen molar-refractivity contribution in [3.63, 3.8) is 0 Å². The number of carbonyl (C=O) groups is 3. The van der Waals surface area contributed by atoms with Crippen molar-refractivity contribution in [1.82, 2.24) is 0 Å². The van der Waals surface area contributed by atoms with Crippen molar-refractivity contribution in [3.05, 3.63) is 101 Å². The van der Waals surface area contributed by atoms with Crippen LogP contribution >= 0.6 is 0 Å². The lowest BCUT2D eigenvalue weighted by molar-refractivity contribution is -0.114. The molecule has 216 valence electrons. The molecule has 7 heteroatoms. The van der Waals surface area contributed by atoms with Crippen LogP contribution in [0.25, 0.3) is 0 Å². The number of rotatable bonds is 5. The number of hydrogen-bond acceptors (Lipinski definition) is 4. The molecule has 1 fully saturated rings. The zero-order chi connectivity index (χ0) is 30.0. The summed E-state index contributed by atoms with van der Waals surface area (Å²) in [5.74, 6) is 2.41. The molecule has 0 saturated heterocycles. The highest BCUT2D eigenvalue weighted by atomic mass is 19.4. The number of aryl methyl sites for hydroxylation is 3. The van der Waals surface area contributed by atoms with Crippen LogP contribution in [0.1, 0.15) is 45.4 Å². The third-order valence-corrected chi connectivity index (χ3v) is 5.45. The number of halogens is 3. The molecule has 4 nitrogen and oxygen atoms in total. The zero-order valence-electron chi connectivity index (χ0n) is 23.4. The van der Waals surface area contributed by atoms with Gasteiger partial charge in [0.2, 0.25) is 0 Å². The molecule has 0 aliphatic heterocycles. The van der Waals surface area contributed by atoms with E-state index >= 15 is 0 Å². The molecule has 1 saturated carbocycles. The van der Waals surface area contributed by atoms with E-state index in [0.717, 1.165) is 28.7 Å². The fourth-order valence-electron chi connectivity index (χ4n) is 3.51. The zero-order valence-corrected chi connectivity index (χ0v) is 23.4. The van der Waals surface area contributed by atoms with E-state index in [0.29, 0.717) is 24.9 Å². The third-order valence-electron chi connectivity index (χ3n) is 5.45. The van der Waals surface area contributed by atoms with E-state index in [9.17, 15) is 18.0 Å². The molecule has 0 spiro atoms. The molecule has 2 atom stereocenters. The maximum atomic E-state index is 12.3. The molecular weight excluding hydrogens is 505 g/mol. The molecule has 2 unspecified atom stereocenters. The van der Waals surface area contributed by atoms with Crippen LogP contribution in [0.15, 0.2) is 78.9 Å². The monoisotopic (exact) mass is 548 g/mol. The second-order valence-corrected chi connectivity index (χ2v) is 8.82. The van der Waals surface area contributed by atoms with Crippen molar-refractivity contribution in [2.45, 2.75) is 53.6 Å². The van der Waals surface area contributed by atoms with E-state index in [1.807, 2.05) is 44.9 Å². The molecule has 0 N–H and O–H groups in total. The Balaban J connectivity index is -0.000000574. The Morgan fingerprint density at radius 1 is 1.08 bits per heavy atom. The van der Waals surface area contributed by atoms with Gasteiger partial charge in [-0.3, -0.25) is 4.79 Å². The summed E-state index contributed by atoms with van der Waals surface area (Å²) < 4.78 is 37.6. The Hall–Kier alpha value is -3.74. The lowest BCUT2D eigenvalue weighted by Gasteiger charge is -2.10. The first-order chi connectivity index (χ1) is 18.4. The van der Waals surface area contributed by atoms with Crippen LogP contribution in [0.4, 0.5) is 13.2 Å². The Morgan fingerprint density at radius 2 is 1.64 bits per heavy atom.